The maximum absolute atomic E-state index is 12.6. The summed E-state index contributed by atoms with van der Waals surface area (Å²) in [4.78, 5) is 53.3. The summed E-state index contributed by atoms with van der Waals surface area (Å²) in [5.74, 6) is -4.13. The van der Waals surface area contributed by atoms with Gasteiger partial charge in [0, 0.05) is 5.39 Å². The van der Waals surface area contributed by atoms with Crippen LogP contribution >= 0.6 is 0 Å². The number of carbonyl (C=O) groups is 3. The number of aromatic carboxylic acids is 3. The van der Waals surface area contributed by atoms with Crippen molar-refractivity contribution in [2.45, 2.75) is 0 Å². The zero-order valence-corrected chi connectivity index (χ0v) is 12.1. The van der Waals surface area contributed by atoms with Crippen molar-refractivity contribution in [1.29, 1.82) is 0 Å². The van der Waals surface area contributed by atoms with Crippen molar-refractivity contribution in [3.05, 3.63) is 45.6 Å². The highest BCUT2D eigenvalue weighted by atomic mass is 16.4. The van der Waals surface area contributed by atoms with Crippen LogP contribution in [0.3, 0.4) is 0 Å². The number of benzene rings is 1. The third-order valence-corrected chi connectivity index (χ3v) is 4.02. The van der Waals surface area contributed by atoms with Crippen molar-refractivity contribution in [2.24, 2.45) is 0 Å². The van der Waals surface area contributed by atoms with E-state index < -0.39 is 23.3 Å². The van der Waals surface area contributed by atoms with Gasteiger partial charge >= 0.3 is 17.9 Å². The van der Waals surface area contributed by atoms with E-state index in [9.17, 15) is 29.4 Å². The summed E-state index contributed by atoms with van der Waals surface area (Å²) >= 11 is 0. The number of aromatic amines is 1. The monoisotopic (exact) mass is 341 g/mol. The molecule has 1 aromatic carbocycles. The molecule has 0 saturated heterocycles. The van der Waals surface area contributed by atoms with Crippen LogP contribution in [0.5, 0.6) is 0 Å². The predicted octanol–water partition coefficient (Wildman–Crippen LogP) is 0.861. The molecule has 0 saturated carbocycles. The molecule has 0 bridgehead atoms. The molecular formula is C15H7N3O7. The Morgan fingerprint density at radius 2 is 1.76 bits per heavy atom. The molecule has 3 aromatic heterocycles. The zero-order chi connectivity index (χ0) is 18.0. The van der Waals surface area contributed by atoms with Gasteiger partial charge in [0.15, 0.2) is 0 Å². The number of nitrogens with one attached hydrogen (secondary N) is 1. The second kappa shape index (κ2) is 4.54. The molecule has 10 nitrogen and oxygen atoms in total. The first-order valence-electron chi connectivity index (χ1n) is 6.83. The Morgan fingerprint density at radius 1 is 1.04 bits per heavy atom. The van der Waals surface area contributed by atoms with Gasteiger partial charge in [-0.15, -0.1) is 0 Å². The molecule has 10 heteroatoms. The molecule has 0 aliphatic rings. The van der Waals surface area contributed by atoms with Crippen molar-refractivity contribution in [2.75, 3.05) is 0 Å². The molecule has 3 heterocycles. The largest absolute Gasteiger partial charge is 0.478 e. The summed E-state index contributed by atoms with van der Waals surface area (Å²) < 4.78 is 1.10. The Labute approximate surface area is 135 Å². The maximum Gasteiger partial charge on any atom is 0.352 e. The van der Waals surface area contributed by atoms with Crippen molar-refractivity contribution < 1.29 is 29.7 Å². The van der Waals surface area contributed by atoms with E-state index in [1.807, 2.05) is 0 Å². The molecular weight excluding hydrogens is 334 g/mol. The molecule has 0 unspecified atom stereocenters. The van der Waals surface area contributed by atoms with Crippen molar-refractivity contribution in [1.82, 2.24) is 14.4 Å². The predicted molar refractivity (Wildman–Crippen MR) is 82.9 cm³/mol. The fraction of sp³-hybridized carbons (Fsp3) is 0. The number of hydrogen-bond donors (Lipinski definition) is 4. The molecule has 0 amide bonds. The topological polar surface area (TPSA) is 162 Å². The molecule has 4 N–H and O–H groups in total. The van der Waals surface area contributed by atoms with Crippen LogP contribution in [0.1, 0.15) is 31.3 Å². The standard InChI is InChI=1S/C15H7N3O7/c19-12-5-1-6(14(22)23)17-9(5)8-4(13(20)21)2-7(15(24)25)18-3-16-10(12)11(8)18/h1-3,17H,(H,20,21)(H,22,23)(H,24,25). The Balaban J connectivity index is 2.38. The van der Waals surface area contributed by atoms with Crippen molar-refractivity contribution in [3.8, 4) is 0 Å². The van der Waals surface area contributed by atoms with Gasteiger partial charge in [0.2, 0.25) is 5.43 Å². The summed E-state index contributed by atoms with van der Waals surface area (Å²) in [6.45, 7) is 0. The van der Waals surface area contributed by atoms with E-state index in [2.05, 4.69) is 9.97 Å². The minimum absolute atomic E-state index is 0.00795. The molecule has 0 spiro atoms. The molecule has 124 valence electrons. The maximum atomic E-state index is 12.6. The van der Waals surface area contributed by atoms with Gasteiger partial charge < -0.3 is 20.3 Å². The lowest BCUT2D eigenvalue weighted by atomic mass is 10.0. The van der Waals surface area contributed by atoms with Gasteiger partial charge in [0.1, 0.15) is 23.2 Å². The van der Waals surface area contributed by atoms with E-state index in [0.29, 0.717) is 0 Å². The van der Waals surface area contributed by atoms with Crippen LogP contribution < -0.4 is 5.43 Å². The normalized spacial score (nSPS) is 11.5. The molecule has 25 heavy (non-hydrogen) atoms. The molecule has 0 aliphatic carbocycles. The Morgan fingerprint density at radius 3 is 2.36 bits per heavy atom. The van der Waals surface area contributed by atoms with Gasteiger partial charge in [-0.2, -0.15) is 0 Å². The SMILES string of the molecule is O=C(O)c1cc2c(=O)c3ncn4c(C(=O)O)cc(C(=O)O)c(c2[nH]1)c34. The summed E-state index contributed by atoms with van der Waals surface area (Å²) in [5.41, 5.74) is -1.78. The molecule has 0 radical (unpaired) electrons. The molecule has 4 aromatic rings. The van der Waals surface area contributed by atoms with Gasteiger partial charge in [0.25, 0.3) is 0 Å². The first-order chi connectivity index (χ1) is 11.8. The number of H-pyrrole nitrogens is 1. The number of carboxylic acids is 3. The van der Waals surface area contributed by atoms with Gasteiger partial charge in [-0.25, -0.2) is 19.4 Å². The van der Waals surface area contributed by atoms with Crippen LogP contribution in [0, 0.1) is 0 Å². The van der Waals surface area contributed by atoms with E-state index in [1.54, 1.807) is 0 Å². The van der Waals surface area contributed by atoms with E-state index in [4.69, 9.17) is 5.11 Å². The Hall–Kier alpha value is -3.95. The summed E-state index contributed by atoms with van der Waals surface area (Å²) in [7, 11) is 0. The fourth-order valence-electron chi connectivity index (χ4n) is 3.00. The van der Waals surface area contributed by atoms with Crippen LogP contribution in [0.15, 0.2) is 23.3 Å². The molecule has 0 fully saturated rings. The number of imidazole rings is 1. The highest BCUT2D eigenvalue weighted by Crippen LogP contribution is 2.31. The highest BCUT2D eigenvalue weighted by Gasteiger charge is 2.25. The minimum Gasteiger partial charge on any atom is -0.478 e. The average molecular weight is 341 g/mol. The van der Waals surface area contributed by atoms with Gasteiger partial charge in [-0.3, -0.25) is 9.20 Å². The highest BCUT2D eigenvalue weighted by molar-refractivity contribution is 6.20. The molecule has 0 aliphatic heterocycles. The van der Waals surface area contributed by atoms with Gasteiger partial charge in [-0.1, -0.05) is 0 Å². The Kier molecular flexibility index (Phi) is 2.65. The van der Waals surface area contributed by atoms with Crippen LogP contribution in [-0.4, -0.2) is 47.6 Å². The van der Waals surface area contributed by atoms with Gasteiger partial charge in [0.05, 0.1) is 22.0 Å². The van der Waals surface area contributed by atoms with Crippen LogP contribution in [0.2, 0.25) is 0 Å². The smallest absolute Gasteiger partial charge is 0.352 e. The lowest BCUT2D eigenvalue weighted by Crippen LogP contribution is -2.11. The lowest BCUT2D eigenvalue weighted by Gasteiger charge is -2.08. The first-order valence-corrected chi connectivity index (χ1v) is 6.83. The first kappa shape index (κ1) is 14.6. The van der Waals surface area contributed by atoms with E-state index in [0.717, 1.165) is 22.9 Å². The van der Waals surface area contributed by atoms with E-state index in [-0.39, 0.29) is 44.3 Å². The Bertz CT molecular complexity index is 1300. The zero-order valence-electron chi connectivity index (χ0n) is 12.1. The summed E-state index contributed by atoms with van der Waals surface area (Å²) in [6, 6.07) is 2.05. The van der Waals surface area contributed by atoms with E-state index >= 15 is 0 Å². The van der Waals surface area contributed by atoms with Crippen LogP contribution in [-0.2, 0) is 0 Å². The van der Waals surface area contributed by atoms with Crippen molar-refractivity contribution >= 4 is 45.2 Å². The second-order valence-corrected chi connectivity index (χ2v) is 5.35. The number of carboxylic acid groups (broad SMARTS) is 3. The number of rotatable bonds is 3. The van der Waals surface area contributed by atoms with E-state index in [1.165, 1.54) is 0 Å². The third kappa shape index (κ3) is 1.75. The minimum atomic E-state index is -1.42. The van der Waals surface area contributed by atoms with Gasteiger partial charge in [-0.05, 0) is 12.1 Å². The number of nitrogens with zero attached hydrogens (tertiary/aromatic N) is 2. The summed E-state index contributed by atoms with van der Waals surface area (Å²) in [5, 5.41) is 27.9. The molecule has 0 atom stereocenters. The number of fused-ring (bicyclic) bond motifs is 2. The lowest BCUT2D eigenvalue weighted by molar-refractivity contribution is 0.0677. The van der Waals surface area contributed by atoms with Crippen molar-refractivity contribution in [3.63, 3.8) is 0 Å². The number of hydrogen-bond acceptors (Lipinski definition) is 5. The fourth-order valence-corrected chi connectivity index (χ4v) is 3.00. The second-order valence-electron chi connectivity index (χ2n) is 5.35. The van der Waals surface area contributed by atoms with Crippen LogP contribution in [0.4, 0.5) is 0 Å². The van der Waals surface area contributed by atoms with Crippen LogP contribution in [0.25, 0.3) is 27.3 Å². The number of pyridine rings is 1. The molecule has 4 rings (SSSR count). The number of aromatic nitrogens is 3. The third-order valence-electron chi connectivity index (χ3n) is 4.02. The summed E-state index contributed by atoms with van der Waals surface area (Å²) in [6.07, 6.45) is 1.12. The average Bonchev–Trinajstić information content (AvgIpc) is 3.17. The quantitative estimate of drug-likeness (QED) is 0.426.